The second-order valence-corrected chi connectivity index (χ2v) is 5.95. The van der Waals surface area contributed by atoms with Gasteiger partial charge in [-0.25, -0.2) is 0 Å². The Labute approximate surface area is 144 Å². The highest BCUT2D eigenvalue weighted by Gasteiger charge is 2.11. The summed E-state index contributed by atoms with van der Waals surface area (Å²) >= 11 is 0. The van der Waals surface area contributed by atoms with Gasteiger partial charge in [-0.1, -0.05) is 12.1 Å². The van der Waals surface area contributed by atoms with E-state index in [1.165, 1.54) is 13.2 Å². The van der Waals surface area contributed by atoms with Gasteiger partial charge in [-0.05, 0) is 50.1 Å². The summed E-state index contributed by atoms with van der Waals surface area (Å²) in [6.45, 7) is 5.29. The minimum Gasteiger partial charge on any atom is -0.486 e. The minimum absolute atomic E-state index is 0.0242. The second kappa shape index (κ2) is 6.81. The van der Waals surface area contributed by atoms with E-state index >= 15 is 0 Å². The van der Waals surface area contributed by atoms with Gasteiger partial charge >= 0.3 is 0 Å². The molecule has 0 saturated carbocycles. The van der Waals surface area contributed by atoms with Gasteiger partial charge in [0.05, 0.1) is 5.39 Å². The lowest BCUT2D eigenvalue weighted by Crippen LogP contribution is -2.08. The van der Waals surface area contributed by atoms with E-state index in [4.69, 9.17) is 13.9 Å². The first-order valence-electron chi connectivity index (χ1n) is 7.87. The molecular weight excluding hydrogens is 320 g/mol. The maximum Gasteiger partial charge on any atom is 0.235 e. The maximum absolute atomic E-state index is 12.6. The molecule has 3 rings (SSSR count). The molecule has 0 aliphatic rings. The second-order valence-electron chi connectivity index (χ2n) is 5.95. The van der Waals surface area contributed by atoms with Crippen LogP contribution in [0.25, 0.3) is 11.0 Å². The molecule has 0 spiro atoms. The van der Waals surface area contributed by atoms with E-state index in [-0.39, 0.29) is 23.6 Å². The summed E-state index contributed by atoms with van der Waals surface area (Å²) in [5.41, 5.74) is 2.08. The van der Waals surface area contributed by atoms with Gasteiger partial charge in [0.25, 0.3) is 0 Å². The summed E-state index contributed by atoms with van der Waals surface area (Å²) in [5.74, 6) is 1.12. The molecule has 0 aliphatic heterocycles. The molecule has 5 heteroatoms. The number of aryl methyl sites for hydroxylation is 2. The number of ether oxygens (including phenoxy) is 2. The zero-order valence-electron chi connectivity index (χ0n) is 14.3. The molecule has 0 fully saturated rings. The molecule has 0 bridgehead atoms. The minimum atomic E-state index is -0.264. The highest BCUT2D eigenvalue weighted by Crippen LogP contribution is 2.26. The lowest BCUT2D eigenvalue weighted by molar-refractivity contribution is -0.118. The molecule has 0 amide bonds. The largest absolute Gasteiger partial charge is 0.486 e. The van der Waals surface area contributed by atoms with Gasteiger partial charge in [0.1, 0.15) is 30.0 Å². The molecule has 3 aromatic rings. The van der Waals surface area contributed by atoms with Crippen molar-refractivity contribution in [2.75, 3.05) is 6.61 Å². The summed E-state index contributed by atoms with van der Waals surface area (Å²) in [5, 5.41) is 0.387. The van der Waals surface area contributed by atoms with Crippen LogP contribution in [0, 0.1) is 13.8 Å². The third-order valence-corrected chi connectivity index (χ3v) is 3.72. The smallest absolute Gasteiger partial charge is 0.235 e. The van der Waals surface area contributed by atoms with Crippen LogP contribution in [-0.4, -0.2) is 12.4 Å². The number of hydrogen-bond donors (Lipinski definition) is 0. The van der Waals surface area contributed by atoms with Gasteiger partial charge in [-0.15, -0.1) is 0 Å². The van der Waals surface area contributed by atoms with E-state index in [0.29, 0.717) is 22.5 Å². The van der Waals surface area contributed by atoms with Gasteiger partial charge in [0.2, 0.25) is 11.2 Å². The molecular formula is C20H18O5. The summed E-state index contributed by atoms with van der Waals surface area (Å²) < 4.78 is 16.6. The summed E-state index contributed by atoms with van der Waals surface area (Å²) in [7, 11) is 0. The Morgan fingerprint density at radius 1 is 1.08 bits per heavy atom. The zero-order chi connectivity index (χ0) is 18.0. The fourth-order valence-electron chi connectivity index (χ4n) is 2.37. The van der Waals surface area contributed by atoms with Crippen molar-refractivity contribution >= 4 is 16.8 Å². The molecule has 5 nitrogen and oxygen atoms in total. The van der Waals surface area contributed by atoms with Crippen LogP contribution >= 0.6 is 0 Å². The van der Waals surface area contributed by atoms with Gasteiger partial charge < -0.3 is 13.9 Å². The maximum atomic E-state index is 12.6. The zero-order valence-corrected chi connectivity index (χ0v) is 14.3. The van der Waals surface area contributed by atoms with E-state index in [1.54, 1.807) is 18.2 Å². The van der Waals surface area contributed by atoms with Crippen LogP contribution in [0.3, 0.4) is 0 Å². The molecule has 0 unspecified atom stereocenters. The third-order valence-electron chi connectivity index (χ3n) is 3.72. The van der Waals surface area contributed by atoms with Crippen LogP contribution in [0.4, 0.5) is 0 Å². The van der Waals surface area contributed by atoms with Crippen molar-refractivity contribution in [1.82, 2.24) is 0 Å². The summed E-state index contributed by atoms with van der Waals surface area (Å²) in [4.78, 5) is 23.6. The van der Waals surface area contributed by atoms with Crippen molar-refractivity contribution in [3.8, 4) is 17.2 Å². The van der Waals surface area contributed by atoms with Crippen molar-refractivity contribution in [2.24, 2.45) is 0 Å². The number of ketones is 1. The summed E-state index contributed by atoms with van der Waals surface area (Å²) in [6.07, 6.45) is 1.29. The van der Waals surface area contributed by atoms with Gasteiger partial charge in [-0.3, -0.25) is 9.59 Å². The highest BCUT2D eigenvalue weighted by atomic mass is 16.5. The predicted octanol–water partition coefficient (Wildman–Crippen LogP) is 4.17. The fraction of sp³-hybridized carbons (Fsp3) is 0.200. The highest BCUT2D eigenvalue weighted by molar-refractivity contribution is 5.80. The normalized spacial score (nSPS) is 10.7. The molecule has 0 saturated heterocycles. The molecule has 2 aromatic carbocycles. The Balaban J connectivity index is 1.94. The van der Waals surface area contributed by atoms with Crippen LogP contribution in [0.2, 0.25) is 0 Å². The third kappa shape index (κ3) is 3.71. The molecule has 1 heterocycles. The molecule has 0 N–H and O–H groups in total. The number of Topliss-reactive ketones (excluding diaryl/α,β-unsaturated/α-hetero) is 1. The average molecular weight is 338 g/mol. The van der Waals surface area contributed by atoms with Gasteiger partial charge in [-0.2, -0.15) is 0 Å². The number of hydrogen-bond acceptors (Lipinski definition) is 5. The predicted molar refractivity (Wildman–Crippen MR) is 94.7 cm³/mol. The van der Waals surface area contributed by atoms with E-state index in [1.807, 2.05) is 32.0 Å². The van der Waals surface area contributed by atoms with E-state index in [2.05, 4.69) is 0 Å². The number of rotatable bonds is 5. The topological polar surface area (TPSA) is 65.7 Å². The Bertz CT molecular complexity index is 1000. The average Bonchev–Trinajstić information content (AvgIpc) is 2.58. The number of carbonyl (C=O) groups excluding carboxylic acids is 1. The molecule has 0 aliphatic carbocycles. The van der Waals surface area contributed by atoms with Crippen LogP contribution in [0.5, 0.6) is 17.2 Å². The molecule has 0 atom stereocenters. The van der Waals surface area contributed by atoms with E-state index in [9.17, 15) is 9.59 Å². The fourth-order valence-corrected chi connectivity index (χ4v) is 2.37. The van der Waals surface area contributed by atoms with Crippen molar-refractivity contribution in [2.45, 2.75) is 20.8 Å². The standard InChI is InChI=1S/C20H18O5/c1-12-4-5-13(2)17(8-12)25-19-11-24-18-9-15(23-10-14(3)21)6-7-16(18)20(19)22/h4-9,11H,10H2,1-3H3. The first kappa shape index (κ1) is 16.8. The van der Waals surface area contributed by atoms with Crippen molar-refractivity contribution in [3.05, 3.63) is 64.0 Å². The first-order chi connectivity index (χ1) is 11.9. The molecule has 1 aromatic heterocycles. The van der Waals surface area contributed by atoms with Crippen LogP contribution in [-0.2, 0) is 4.79 Å². The van der Waals surface area contributed by atoms with E-state index in [0.717, 1.165) is 11.1 Å². The lowest BCUT2D eigenvalue weighted by Gasteiger charge is -2.09. The van der Waals surface area contributed by atoms with Crippen LogP contribution in [0.1, 0.15) is 18.1 Å². The Hall–Kier alpha value is -3.08. The SMILES string of the molecule is CC(=O)COc1ccc2c(=O)c(Oc3cc(C)ccc3C)coc2c1. The lowest BCUT2D eigenvalue weighted by atomic mass is 10.1. The molecule has 128 valence electrons. The van der Waals surface area contributed by atoms with Crippen molar-refractivity contribution in [1.29, 1.82) is 0 Å². The number of benzene rings is 2. The first-order valence-corrected chi connectivity index (χ1v) is 7.87. The quantitative estimate of drug-likeness (QED) is 0.698. The van der Waals surface area contributed by atoms with Crippen LogP contribution in [0.15, 0.2) is 51.9 Å². The van der Waals surface area contributed by atoms with E-state index < -0.39 is 0 Å². The van der Waals surface area contributed by atoms with Gasteiger partial charge in [0, 0.05) is 6.07 Å². The Kier molecular flexibility index (Phi) is 4.57. The number of fused-ring (bicyclic) bond motifs is 1. The molecule has 0 radical (unpaired) electrons. The van der Waals surface area contributed by atoms with Crippen molar-refractivity contribution < 1.29 is 18.7 Å². The Morgan fingerprint density at radius 3 is 2.64 bits per heavy atom. The summed E-state index contributed by atoms with van der Waals surface area (Å²) in [6, 6.07) is 10.6. The molecule has 25 heavy (non-hydrogen) atoms. The van der Waals surface area contributed by atoms with Gasteiger partial charge in [0.15, 0.2) is 5.78 Å². The Morgan fingerprint density at radius 2 is 1.88 bits per heavy atom. The monoisotopic (exact) mass is 338 g/mol. The number of carbonyl (C=O) groups is 1. The van der Waals surface area contributed by atoms with Crippen LogP contribution < -0.4 is 14.9 Å². The van der Waals surface area contributed by atoms with Crippen molar-refractivity contribution in [3.63, 3.8) is 0 Å².